The van der Waals surface area contributed by atoms with Gasteiger partial charge in [-0.15, -0.1) is 0 Å². The third kappa shape index (κ3) is 4.49. The molecule has 0 aliphatic heterocycles. The third-order valence-corrected chi connectivity index (χ3v) is 11.4. The van der Waals surface area contributed by atoms with E-state index < -0.39 is 5.54 Å². The van der Waals surface area contributed by atoms with E-state index in [1.807, 2.05) is 12.1 Å². The Morgan fingerprint density at radius 2 is 0.904 bits per heavy atom. The highest BCUT2D eigenvalue weighted by Crippen LogP contribution is 2.57. The van der Waals surface area contributed by atoms with Crippen LogP contribution >= 0.6 is 0 Å². The highest BCUT2D eigenvalue weighted by Gasteiger charge is 2.48. The number of hydrogen-bond donors (Lipinski definition) is 0. The number of nitriles is 1. The van der Waals surface area contributed by atoms with Crippen molar-refractivity contribution < 1.29 is 0 Å². The summed E-state index contributed by atoms with van der Waals surface area (Å²) in [6.07, 6.45) is 0. The minimum Gasteiger partial charge on any atom is -0.322 e. The van der Waals surface area contributed by atoms with Gasteiger partial charge in [0, 0.05) is 10.8 Å². The molecule has 250 valence electrons. The second-order valence-electron chi connectivity index (χ2n) is 14.8. The zero-order valence-electron chi connectivity index (χ0n) is 30.6. The lowest BCUT2D eigenvalue weighted by atomic mass is 9.79. The van der Waals surface area contributed by atoms with Crippen molar-refractivity contribution in [2.75, 3.05) is 0 Å². The van der Waals surface area contributed by atoms with Crippen molar-refractivity contribution in [1.29, 1.82) is 5.26 Å². The third-order valence-electron chi connectivity index (χ3n) is 11.4. The number of aromatic nitrogens is 1. The Kier molecular flexibility index (Phi) is 7.15. The van der Waals surface area contributed by atoms with E-state index >= 15 is 0 Å². The number of aryl methyl sites for hydroxylation is 6. The van der Waals surface area contributed by atoms with Gasteiger partial charge in [-0.3, -0.25) is 0 Å². The van der Waals surface area contributed by atoms with Crippen molar-refractivity contribution in [2.45, 2.75) is 47.1 Å². The van der Waals surface area contributed by atoms with Crippen molar-refractivity contribution in [3.8, 4) is 39.4 Å². The molecule has 9 rings (SSSR count). The van der Waals surface area contributed by atoms with Crippen molar-refractivity contribution in [1.82, 2.24) is 4.57 Å². The van der Waals surface area contributed by atoms with Crippen LogP contribution in [-0.2, 0) is 5.54 Å². The SMILES string of the molecule is Cc1cc(C)c(-c2ccc3c(c2)-c2cc(-c4c(C)cc(C)cc4C)ccc2C3(c2ccc(C#N)cc2)n2c3ccccc3c3ccccc32)c(C)c1. The number of benzene rings is 7. The van der Waals surface area contributed by atoms with E-state index in [9.17, 15) is 5.26 Å². The molecule has 0 fully saturated rings. The van der Waals surface area contributed by atoms with E-state index in [-0.39, 0.29) is 0 Å². The molecule has 0 amide bonds. The second-order valence-corrected chi connectivity index (χ2v) is 14.8. The number of hydrogen-bond acceptors (Lipinski definition) is 1. The second kappa shape index (κ2) is 11.7. The largest absolute Gasteiger partial charge is 0.322 e. The standard InChI is InChI=1S/C50H40N2/c1-30-23-32(3)48(33(4)24-30)37-17-21-44-42(27-37)43-28-38(49-34(5)25-31(2)26-35(49)6)18-22-45(43)50(44,39-19-15-36(29-51)16-20-39)52-46-13-9-7-11-40(46)41-12-8-10-14-47(41)52/h7-28H,1-6H3. The lowest BCUT2D eigenvalue weighted by molar-refractivity contribution is 0.564. The maximum atomic E-state index is 9.89. The minimum atomic E-state index is -0.715. The smallest absolute Gasteiger partial charge is 0.122 e. The summed E-state index contributed by atoms with van der Waals surface area (Å²) in [4.78, 5) is 0. The Hall–Kier alpha value is -6.17. The van der Waals surface area contributed by atoms with Gasteiger partial charge in [0.05, 0.1) is 22.7 Å². The van der Waals surface area contributed by atoms with E-state index in [4.69, 9.17) is 0 Å². The van der Waals surface area contributed by atoms with Crippen LogP contribution in [0, 0.1) is 52.9 Å². The Morgan fingerprint density at radius 1 is 0.481 bits per heavy atom. The molecule has 2 nitrogen and oxygen atoms in total. The van der Waals surface area contributed by atoms with Crippen LogP contribution in [0.2, 0.25) is 0 Å². The van der Waals surface area contributed by atoms with Gasteiger partial charge in [0.25, 0.3) is 0 Å². The van der Waals surface area contributed by atoms with Crippen LogP contribution in [0.3, 0.4) is 0 Å². The van der Waals surface area contributed by atoms with Crippen LogP contribution in [0.4, 0.5) is 0 Å². The summed E-state index contributed by atoms with van der Waals surface area (Å²) in [7, 11) is 0. The van der Waals surface area contributed by atoms with Crippen molar-refractivity contribution in [3.05, 3.63) is 189 Å². The van der Waals surface area contributed by atoms with E-state index in [0.717, 1.165) is 5.56 Å². The molecule has 1 heterocycles. The molecule has 0 saturated carbocycles. The fraction of sp³-hybridized carbons (Fsp3) is 0.140. The summed E-state index contributed by atoms with van der Waals surface area (Å²) in [5.74, 6) is 0. The number of para-hydroxylation sites is 2. The van der Waals surface area contributed by atoms with Gasteiger partial charge in [0.15, 0.2) is 0 Å². The zero-order valence-corrected chi connectivity index (χ0v) is 30.6. The van der Waals surface area contributed by atoms with Gasteiger partial charge < -0.3 is 4.57 Å². The molecule has 1 aromatic heterocycles. The molecule has 1 aliphatic rings. The van der Waals surface area contributed by atoms with Gasteiger partial charge >= 0.3 is 0 Å². The van der Waals surface area contributed by atoms with Crippen molar-refractivity contribution in [2.24, 2.45) is 0 Å². The molecule has 0 spiro atoms. The molecule has 0 N–H and O–H groups in total. The van der Waals surface area contributed by atoms with E-state index in [0.29, 0.717) is 5.56 Å². The molecule has 0 unspecified atom stereocenters. The Bertz CT molecular complexity index is 2600. The summed E-state index contributed by atoms with van der Waals surface area (Å²) in [6, 6.07) is 51.7. The lowest BCUT2D eigenvalue weighted by Crippen LogP contribution is -2.35. The monoisotopic (exact) mass is 668 g/mol. The first kappa shape index (κ1) is 31.8. The molecular weight excluding hydrogens is 629 g/mol. The molecule has 0 bridgehead atoms. The average Bonchev–Trinajstić information content (AvgIpc) is 3.61. The predicted octanol–water partition coefficient (Wildman–Crippen LogP) is 12.7. The molecule has 1 aliphatic carbocycles. The molecule has 7 aromatic carbocycles. The van der Waals surface area contributed by atoms with E-state index in [1.165, 1.54) is 99.7 Å². The Morgan fingerprint density at radius 3 is 1.33 bits per heavy atom. The predicted molar refractivity (Wildman–Crippen MR) is 217 cm³/mol. The maximum Gasteiger partial charge on any atom is 0.122 e. The van der Waals surface area contributed by atoms with Crippen LogP contribution in [0.15, 0.2) is 133 Å². The van der Waals surface area contributed by atoms with Crippen molar-refractivity contribution >= 4 is 21.8 Å². The molecule has 0 radical (unpaired) electrons. The summed E-state index contributed by atoms with van der Waals surface area (Å²) in [5, 5.41) is 12.3. The average molecular weight is 669 g/mol. The first-order chi connectivity index (χ1) is 25.2. The van der Waals surface area contributed by atoms with Gasteiger partial charge in [-0.2, -0.15) is 5.26 Å². The topological polar surface area (TPSA) is 28.7 Å². The Labute approximate surface area is 306 Å². The summed E-state index contributed by atoms with van der Waals surface area (Å²) in [5.41, 5.74) is 21.1. The Balaban J connectivity index is 1.46. The molecule has 0 atom stereocenters. The van der Waals surface area contributed by atoms with Crippen molar-refractivity contribution in [3.63, 3.8) is 0 Å². The highest BCUT2D eigenvalue weighted by molar-refractivity contribution is 6.09. The van der Waals surface area contributed by atoms with E-state index in [1.54, 1.807) is 0 Å². The fourth-order valence-corrected chi connectivity index (χ4v) is 9.64. The molecule has 0 saturated heterocycles. The summed E-state index contributed by atoms with van der Waals surface area (Å²) in [6.45, 7) is 13.3. The maximum absolute atomic E-state index is 9.89. The van der Waals surface area contributed by atoms with Crippen LogP contribution in [-0.4, -0.2) is 4.57 Å². The van der Waals surface area contributed by atoms with Crippen LogP contribution in [0.1, 0.15) is 55.6 Å². The highest BCUT2D eigenvalue weighted by atomic mass is 15.1. The molecule has 8 aromatic rings. The van der Waals surface area contributed by atoms with Crippen LogP contribution < -0.4 is 0 Å². The zero-order chi connectivity index (χ0) is 35.9. The quantitative estimate of drug-likeness (QED) is 0.183. The molecular formula is C50H40N2. The van der Waals surface area contributed by atoms with Crippen LogP contribution in [0.5, 0.6) is 0 Å². The lowest BCUT2D eigenvalue weighted by Gasteiger charge is -2.36. The molecule has 2 heteroatoms. The van der Waals surface area contributed by atoms with Gasteiger partial charge in [0.1, 0.15) is 5.54 Å². The first-order valence-electron chi connectivity index (χ1n) is 18.2. The number of rotatable bonds is 4. The van der Waals surface area contributed by atoms with Crippen LogP contribution in [0.25, 0.3) is 55.2 Å². The molecule has 52 heavy (non-hydrogen) atoms. The first-order valence-corrected chi connectivity index (χ1v) is 18.2. The van der Waals surface area contributed by atoms with E-state index in [2.05, 4.69) is 174 Å². The number of nitrogens with zero attached hydrogens (tertiary/aromatic N) is 2. The van der Waals surface area contributed by atoms with Gasteiger partial charge in [-0.25, -0.2) is 0 Å². The minimum absolute atomic E-state index is 0.654. The van der Waals surface area contributed by atoms with Gasteiger partial charge in [-0.1, -0.05) is 108 Å². The summed E-state index contributed by atoms with van der Waals surface area (Å²) < 4.78 is 2.58. The fourth-order valence-electron chi connectivity index (χ4n) is 9.64. The van der Waals surface area contributed by atoms with Gasteiger partial charge in [-0.05, 0) is 150 Å². The normalized spacial score (nSPS) is 12.9. The summed E-state index contributed by atoms with van der Waals surface area (Å²) >= 11 is 0. The van der Waals surface area contributed by atoms with Gasteiger partial charge in [0.2, 0.25) is 0 Å². The number of fused-ring (bicyclic) bond motifs is 6.